The van der Waals surface area contributed by atoms with Crippen molar-refractivity contribution >= 4 is 0 Å². The molecule has 0 aliphatic heterocycles. The van der Waals surface area contributed by atoms with Crippen LogP contribution in [0.15, 0.2) is 18.2 Å². The summed E-state index contributed by atoms with van der Waals surface area (Å²) in [5.41, 5.74) is 2.32. The van der Waals surface area contributed by atoms with Gasteiger partial charge in [-0.2, -0.15) is 0 Å². The van der Waals surface area contributed by atoms with E-state index in [1.54, 1.807) is 7.11 Å². The van der Waals surface area contributed by atoms with E-state index in [1.807, 2.05) is 6.07 Å². The molecule has 0 heterocycles. The molecule has 1 aliphatic rings. The molecule has 160 valence electrons. The second kappa shape index (κ2) is 11.2. The summed E-state index contributed by atoms with van der Waals surface area (Å²) in [4.78, 5) is 0. The summed E-state index contributed by atoms with van der Waals surface area (Å²) in [5.74, 6) is 1.16. The van der Waals surface area contributed by atoms with Crippen LogP contribution >= 0.6 is 0 Å². The third kappa shape index (κ3) is 6.49. The summed E-state index contributed by atoms with van der Waals surface area (Å²) in [6.07, 6.45) is 10.8. The van der Waals surface area contributed by atoms with E-state index in [4.69, 9.17) is 4.74 Å². The van der Waals surface area contributed by atoms with Gasteiger partial charge in [-0.05, 0) is 73.0 Å². The molecule has 0 bridgehead atoms. The number of benzene rings is 1. The molecule has 0 aromatic heterocycles. The number of unbranched alkanes of at least 4 members (excludes halogenated alkanes) is 3. The molecular weight excluding hydrogens is 348 g/mol. The largest absolute Gasteiger partial charge is 0.508 e. The highest BCUT2D eigenvalue weighted by Gasteiger charge is 2.32. The van der Waals surface area contributed by atoms with Crippen molar-refractivity contribution in [2.75, 3.05) is 13.7 Å². The quantitative estimate of drug-likeness (QED) is 0.435. The number of phenolic OH excluding ortho intramolecular Hbond substituents is 1. The fraction of sp³-hybridized carbons (Fsp3) is 0.760. The Balaban J connectivity index is 2.11. The second-order valence-corrected chi connectivity index (χ2v) is 9.44. The maximum atomic E-state index is 10.9. The first kappa shape index (κ1) is 23.2. The Bertz CT molecular complexity index is 581. The minimum Gasteiger partial charge on any atom is -0.508 e. The summed E-state index contributed by atoms with van der Waals surface area (Å²) in [7, 11) is 1.75. The van der Waals surface area contributed by atoms with E-state index in [9.17, 15) is 10.2 Å². The van der Waals surface area contributed by atoms with E-state index in [2.05, 4.69) is 32.9 Å². The number of phenols is 1. The van der Waals surface area contributed by atoms with Crippen LogP contribution in [0.4, 0.5) is 0 Å². The number of ether oxygens (including phenoxy) is 1. The van der Waals surface area contributed by atoms with Crippen molar-refractivity contribution < 1.29 is 14.9 Å². The van der Waals surface area contributed by atoms with Gasteiger partial charge in [0.1, 0.15) is 5.75 Å². The average Bonchev–Trinajstić information content (AvgIpc) is 2.66. The third-order valence-corrected chi connectivity index (χ3v) is 6.76. The molecule has 1 aromatic rings. The van der Waals surface area contributed by atoms with Gasteiger partial charge in [0.2, 0.25) is 0 Å². The lowest BCUT2D eigenvalue weighted by atomic mass is 9.71. The standard InChI is InChI=1S/C25H42O3/c1-5-6-7-8-15-25(2,3)20-12-14-22(24(27)17-20)23-18-21(26)13-11-19(23)10-9-16-28-4/h12,14,17,19,21,23,26-27H,5-11,13,15-16,18H2,1-4H3/t19-,21-,23-/m0/s1. The molecule has 0 amide bonds. The first-order valence-corrected chi connectivity index (χ1v) is 11.4. The van der Waals surface area contributed by atoms with Crippen LogP contribution in [0, 0.1) is 5.92 Å². The Morgan fingerprint density at radius 1 is 1.11 bits per heavy atom. The molecule has 2 N–H and O–H groups in total. The first-order chi connectivity index (χ1) is 13.4. The lowest BCUT2D eigenvalue weighted by Crippen LogP contribution is -2.27. The molecule has 0 unspecified atom stereocenters. The molecule has 0 saturated heterocycles. The lowest BCUT2D eigenvalue weighted by molar-refractivity contribution is 0.0861. The van der Waals surface area contributed by atoms with Crippen molar-refractivity contribution in [1.29, 1.82) is 0 Å². The molecule has 3 atom stereocenters. The highest BCUT2D eigenvalue weighted by Crippen LogP contribution is 2.44. The van der Waals surface area contributed by atoms with Gasteiger partial charge in [0, 0.05) is 13.7 Å². The van der Waals surface area contributed by atoms with Gasteiger partial charge in [0.05, 0.1) is 6.10 Å². The summed E-state index contributed by atoms with van der Waals surface area (Å²) in [6.45, 7) is 7.59. The van der Waals surface area contributed by atoms with E-state index in [0.29, 0.717) is 11.7 Å². The topological polar surface area (TPSA) is 49.7 Å². The number of rotatable bonds is 11. The van der Waals surface area contributed by atoms with Crippen LogP contribution in [0.5, 0.6) is 5.75 Å². The predicted octanol–water partition coefficient (Wildman–Crippen LogP) is 6.31. The van der Waals surface area contributed by atoms with Gasteiger partial charge in [0.25, 0.3) is 0 Å². The van der Waals surface area contributed by atoms with Gasteiger partial charge in [-0.3, -0.25) is 0 Å². The second-order valence-electron chi connectivity index (χ2n) is 9.44. The Labute approximate surface area is 172 Å². The van der Waals surface area contributed by atoms with Gasteiger partial charge in [0.15, 0.2) is 0 Å². The molecule has 1 aromatic carbocycles. The van der Waals surface area contributed by atoms with Crippen LogP contribution in [-0.4, -0.2) is 30.0 Å². The average molecular weight is 391 g/mol. The zero-order valence-electron chi connectivity index (χ0n) is 18.5. The van der Waals surface area contributed by atoms with E-state index >= 15 is 0 Å². The number of methoxy groups -OCH3 is 1. The fourth-order valence-electron chi connectivity index (χ4n) is 4.84. The Morgan fingerprint density at radius 2 is 1.89 bits per heavy atom. The van der Waals surface area contributed by atoms with Crippen molar-refractivity contribution in [2.24, 2.45) is 5.92 Å². The van der Waals surface area contributed by atoms with Crippen molar-refractivity contribution in [2.45, 2.75) is 102 Å². The molecule has 2 rings (SSSR count). The normalized spacial score (nSPS) is 23.1. The molecule has 1 fully saturated rings. The van der Waals surface area contributed by atoms with E-state index in [-0.39, 0.29) is 17.4 Å². The first-order valence-electron chi connectivity index (χ1n) is 11.4. The van der Waals surface area contributed by atoms with E-state index in [0.717, 1.165) is 50.7 Å². The smallest absolute Gasteiger partial charge is 0.119 e. The van der Waals surface area contributed by atoms with Crippen LogP contribution in [0.25, 0.3) is 0 Å². The molecule has 3 nitrogen and oxygen atoms in total. The molecule has 3 heteroatoms. The van der Waals surface area contributed by atoms with Crippen molar-refractivity contribution in [3.05, 3.63) is 29.3 Å². The van der Waals surface area contributed by atoms with Gasteiger partial charge in [-0.1, -0.05) is 58.6 Å². The molecule has 28 heavy (non-hydrogen) atoms. The van der Waals surface area contributed by atoms with E-state index in [1.165, 1.54) is 31.2 Å². The maximum absolute atomic E-state index is 10.9. The monoisotopic (exact) mass is 390 g/mol. The Hall–Kier alpha value is -1.06. The zero-order chi connectivity index (χ0) is 20.6. The minimum absolute atomic E-state index is 0.0771. The van der Waals surface area contributed by atoms with Gasteiger partial charge < -0.3 is 14.9 Å². The van der Waals surface area contributed by atoms with Crippen molar-refractivity contribution in [3.63, 3.8) is 0 Å². The van der Waals surface area contributed by atoms with Gasteiger partial charge in [-0.15, -0.1) is 0 Å². The molecule has 0 spiro atoms. The van der Waals surface area contributed by atoms with Crippen molar-refractivity contribution in [3.8, 4) is 5.75 Å². The molecular formula is C25H42O3. The number of aromatic hydroxyl groups is 1. The van der Waals surface area contributed by atoms with Gasteiger partial charge in [-0.25, -0.2) is 0 Å². The van der Waals surface area contributed by atoms with Gasteiger partial charge >= 0.3 is 0 Å². The van der Waals surface area contributed by atoms with Crippen molar-refractivity contribution in [1.82, 2.24) is 0 Å². The predicted molar refractivity (Wildman–Crippen MR) is 117 cm³/mol. The van der Waals surface area contributed by atoms with Crippen LogP contribution in [0.1, 0.15) is 102 Å². The summed E-state index contributed by atoms with van der Waals surface area (Å²) >= 11 is 0. The number of hydrogen-bond acceptors (Lipinski definition) is 3. The number of aliphatic hydroxyl groups is 1. The van der Waals surface area contributed by atoms with Crippen LogP contribution in [0.3, 0.4) is 0 Å². The lowest BCUT2D eigenvalue weighted by Gasteiger charge is -2.35. The summed E-state index contributed by atoms with van der Waals surface area (Å²) in [6, 6.07) is 6.33. The van der Waals surface area contributed by atoms with Crippen LogP contribution in [0.2, 0.25) is 0 Å². The Morgan fingerprint density at radius 3 is 2.57 bits per heavy atom. The summed E-state index contributed by atoms with van der Waals surface area (Å²) < 4.78 is 5.22. The highest BCUT2D eigenvalue weighted by atomic mass is 16.5. The fourth-order valence-corrected chi connectivity index (χ4v) is 4.84. The van der Waals surface area contributed by atoms with Crippen LogP contribution < -0.4 is 0 Å². The third-order valence-electron chi connectivity index (χ3n) is 6.76. The van der Waals surface area contributed by atoms with E-state index < -0.39 is 0 Å². The molecule has 0 radical (unpaired) electrons. The zero-order valence-corrected chi connectivity index (χ0v) is 18.5. The number of hydrogen-bond donors (Lipinski definition) is 2. The molecule has 1 saturated carbocycles. The summed E-state index contributed by atoms with van der Waals surface area (Å²) in [5, 5.41) is 21.1. The Kier molecular flexibility index (Phi) is 9.30. The number of aliphatic hydroxyl groups excluding tert-OH is 1. The minimum atomic E-state index is -0.252. The SMILES string of the molecule is CCCCCCC(C)(C)c1ccc([C@H]2C[C@@H](O)CC[C@@H]2CCCOC)c(O)c1. The van der Waals surface area contributed by atoms with Crippen LogP contribution in [-0.2, 0) is 10.2 Å². The highest BCUT2D eigenvalue weighted by molar-refractivity contribution is 5.42. The maximum Gasteiger partial charge on any atom is 0.119 e. The molecule has 1 aliphatic carbocycles.